The van der Waals surface area contributed by atoms with Crippen LogP contribution in [0.3, 0.4) is 0 Å². The van der Waals surface area contributed by atoms with Gasteiger partial charge in [0.15, 0.2) is 11.5 Å². The fourth-order valence-electron chi connectivity index (χ4n) is 2.60. The molecule has 0 aliphatic carbocycles. The van der Waals surface area contributed by atoms with Crippen molar-refractivity contribution in [3.05, 3.63) is 83.2 Å². The van der Waals surface area contributed by atoms with Crippen molar-refractivity contribution in [3.63, 3.8) is 0 Å². The van der Waals surface area contributed by atoms with E-state index in [1.165, 1.54) is 0 Å². The summed E-state index contributed by atoms with van der Waals surface area (Å²) in [5, 5.41) is 2.91. The van der Waals surface area contributed by atoms with Gasteiger partial charge >= 0.3 is 0 Å². The van der Waals surface area contributed by atoms with Crippen LogP contribution in [-0.2, 0) is 6.61 Å². The summed E-state index contributed by atoms with van der Waals surface area (Å²) in [5.74, 6) is 0.990. The van der Waals surface area contributed by atoms with Crippen LogP contribution in [0.25, 0.3) is 0 Å². The van der Waals surface area contributed by atoms with E-state index >= 15 is 0 Å². The van der Waals surface area contributed by atoms with Crippen molar-refractivity contribution < 1.29 is 14.3 Å². The number of pyridine rings is 1. The molecule has 0 saturated heterocycles. The predicted octanol–water partition coefficient (Wildman–Crippen LogP) is 4.54. The lowest BCUT2D eigenvalue weighted by Crippen LogP contribution is -2.12. The molecule has 0 unspecified atom stereocenters. The Balaban J connectivity index is 1.75. The third-order valence-corrected chi connectivity index (χ3v) is 4.31. The van der Waals surface area contributed by atoms with Gasteiger partial charge in [-0.1, -0.05) is 12.1 Å². The second-order valence-corrected chi connectivity index (χ2v) is 6.27. The number of carbonyl (C=O) groups excluding carboxylic acids is 1. The highest BCUT2D eigenvalue weighted by Gasteiger charge is 2.11. The number of methoxy groups -OCH3 is 1. The topological polar surface area (TPSA) is 60.5 Å². The monoisotopic (exact) mass is 362 g/mol. The number of aryl methyl sites for hydroxylation is 2. The molecule has 1 amide bonds. The minimum atomic E-state index is -0.165. The molecule has 1 aromatic heterocycles. The first-order valence-electron chi connectivity index (χ1n) is 8.65. The molecule has 3 aromatic rings. The maximum atomic E-state index is 12.5. The van der Waals surface area contributed by atoms with E-state index in [4.69, 9.17) is 9.47 Å². The van der Waals surface area contributed by atoms with Crippen molar-refractivity contribution in [2.45, 2.75) is 20.5 Å². The van der Waals surface area contributed by atoms with Crippen LogP contribution in [0, 0.1) is 13.8 Å². The van der Waals surface area contributed by atoms with E-state index in [2.05, 4.69) is 10.3 Å². The molecule has 138 valence electrons. The zero-order valence-corrected chi connectivity index (χ0v) is 15.7. The smallest absolute Gasteiger partial charge is 0.255 e. The van der Waals surface area contributed by atoms with Crippen molar-refractivity contribution in [2.75, 3.05) is 12.4 Å². The van der Waals surface area contributed by atoms with Crippen molar-refractivity contribution in [3.8, 4) is 11.5 Å². The fourth-order valence-corrected chi connectivity index (χ4v) is 2.60. The van der Waals surface area contributed by atoms with Gasteiger partial charge in [-0.2, -0.15) is 0 Å². The number of carbonyl (C=O) groups is 1. The Morgan fingerprint density at radius 3 is 2.59 bits per heavy atom. The van der Waals surface area contributed by atoms with E-state index < -0.39 is 0 Å². The van der Waals surface area contributed by atoms with Crippen LogP contribution in [0.1, 0.15) is 27.0 Å². The van der Waals surface area contributed by atoms with Crippen LogP contribution in [0.2, 0.25) is 0 Å². The molecule has 0 aliphatic heterocycles. The van der Waals surface area contributed by atoms with Crippen molar-refractivity contribution >= 4 is 11.6 Å². The Kier molecular flexibility index (Phi) is 5.71. The minimum absolute atomic E-state index is 0.165. The predicted molar refractivity (Wildman–Crippen MR) is 105 cm³/mol. The normalized spacial score (nSPS) is 10.3. The Bertz CT molecular complexity index is 940. The van der Waals surface area contributed by atoms with Gasteiger partial charge in [-0.25, -0.2) is 0 Å². The Hall–Kier alpha value is -3.34. The molecule has 5 nitrogen and oxygen atoms in total. The average molecular weight is 362 g/mol. The van der Waals surface area contributed by atoms with E-state index in [1.807, 2.05) is 44.2 Å². The number of nitrogens with one attached hydrogen (secondary N) is 1. The Morgan fingerprint density at radius 1 is 1.04 bits per heavy atom. The highest BCUT2D eigenvalue weighted by molar-refractivity contribution is 6.04. The van der Waals surface area contributed by atoms with Gasteiger partial charge in [0, 0.05) is 35.3 Å². The second kappa shape index (κ2) is 8.36. The molecular formula is C22H22N2O3. The summed E-state index contributed by atoms with van der Waals surface area (Å²) in [6.07, 6.45) is 3.46. The molecule has 0 fully saturated rings. The minimum Gasteiger partial charge on any atom is -0.493 e. The summed E-state index contributed by atoms with van der Waals surface area (Å²) in [7, 11) is 1.58. The summed E-state index contributed by atoms with van der Waals surface area (Å²) in [6.45, 7) is 4.37. The first-order chi connectivity index (χ1) is 13.1. The molecule has 5 heteroatoms. The van der Waals surface area contributed by atoms with E-state index in [1.54, 1.807) is 37.7 Å². The molecule has 0 saturated carbocycles. The first kappa shape index (κ1) is 18.5. The largest absolute Gasteiger partial charge is 0.493 e. The second-order valence-electron chi connectivity index (χ2n) is 6.27. The summed E-state index contributed by atoms with van der Waals surface area (Å²) >= 11 is 0. The van der Waals surface area contributed by atoms with Crippen molar-refractivity contribution in [1.29, 1.82) is 0 Å². The Morgan fingerprint density at radius 2 is 1.89 bits per heavy atom. The van der Waals surface area contributed by atoms with E-state index in [0.717, 1.165) is 16.7 Å². The number of rotatable bonds is 6. The molecule has 0 aliphatic rings. The van der Waals surface area contributed by atoms with Gasteiger partial charge in [0.2, 0.25) is 0 Å². The van der Waals surface area contributed by atoms with Crippen LogP contribution >= 0.6 is 0 Å². The van der Waals surface area contributed by atoms with Crippen LogP contribution in [0.4, 0.5) is 5.69 Å². The lowest BCUT2D eigenvalue weighted by molar-refractivity contribution is 0.102. The van der Waals surface area contributed by atoms with Crippen LogP contribution in [-0.4, -0.2) is 18.0 Å². The molecule has 0 bridgehead atoms. The molecule has 0 atom stereocenters. The third-order valence-electron chi connectivity index (χ3n) is 4.31. The van der Waals surface area contributed by atoms with Gasteiger partial charge in [-0.15, -0.1) is 0 Å². The molecule has 2 aromatic carbocycles. The van der Waals surface area contributed by atoms with E-state index in [0.29, 0.717) is 29.4 Å². The number of ether oxygens (including phenoxy) is 2. The van der Waals surface area contributed by atoms with Crippen molar-refractivity contribution in [1.82, 2.24) is 4.98 Å². The van der Waals surface area contributed by atoms with E-state index in [-0.39, 0.29) is 5.91 Å². The number of hydrogen-bond acceptors (Lipinski definition) is 4. The quantitative estimate of drug-likeness (QED) is 0.699. The standard InChI is InChI=1S/C22H22N2O3/c1-15-6-7-18(11-16(15)2)22(25)24-19-8-9-20(26-3)21(12-19)27-14-17-5-4-10-23-13-17/h4-13H,14H2,1-3H3,(H,24,25). The van der Waals surface area contributed by atoms with Gasteiger partial charge in [0.25, 0.3) is 5.91 Å². The number of amides is 1. The van der Waals surface area contributed by atoms with Crippen molar-refractivity contribution in [2.24, 2.45) is 0 Å². The maximum absolute atomic E-state index is 12.5. The molecule has 0 spiro atoms. The molecular weight excluding hydrogens is 340 g/mol. The number of benzene rings is 2. The van der Waals surface area contributed by atoms with Gasteiger partial charge in [-0.3, -0.25) is 9.78 Å². The molecule has 0 radical (unpaired) electrons. The van der Waals surface area contributed by atoms with Crippen LogP contribution < -0.4 is 14.8 Å². The highest BCUT2D eigenvalue weighted by atomic mass is 16.5. The number of nitrogens with zero attached hydrogens (tertiary/aromatic N) is 1. The van der Waals surface area contributed by atoms with Gasteiger partial charge in [0.05, 0.1) is 7.11 Å². The molecule has 27 heavy (non-hydrogen) atoms. The lowest BCUT2D eigenvalue weighted by Gasteiger charge is -2.13. The fraction of sp³-hybridized carbons (Fsp3) is 0.182. The summed E-state index contributed by atoms with van der Waals surface area (Å²) in [5.41, 5.74) is 4.44. The average Bonchev–Trinajstić information content (AvgIpc) is 2.69. The summed E-state index contributed by atoms with van der Waals surface area (Å²) in [6, 6.07) is 14.8. The molecule has 3 rings (SSSR count). The molecule has 1 N–H and O–H groups in total. The Labute approximate surface area is 159 Å². The van der Waals surface area contributed by atoms with E-state index in [9.17, 15) is 4.79 Å². The number of anilines is 1. The van der Waals surface area contributed by atoms with Crippen LogP contribution in [0.5, 0.6) is 11.5 Å². The van der Waals surface area contributed by atoms with Gasteiger partial charge in [-0.05, 0) is 55.3 Å². The third kappa shape index (κ3) is 4.64. The zero-order chi connectivity index (χ0) is 19.2. The lowest BCUT2D eigenvalue weighted by atomic mass is 10.1. The summed E-state index contributed by atoms with van der Waals surface area (Å²) in [4.78, 5) is 16.6. The van der Waals surface area contributed by atoms with Gasteiger partial charge in [0.1, 0.15) is 6.61 Å². The summed E-state index contributed by atoms with van der Waals surface area (Å²) < 4.78 is 11.2. The highest BCUT2D eigenvalue weighted by Crippen LogP contribution is 2.31. The SMILES string of the molecule is COc1ccc(NC(=O)c2ccc(C)c(C)c2)cc1OCc1cccnc1. The maximum Gasteiger partial charge on any atom is 0.255 e. The zero-order valence-electron chi connectivity index (χ0n) is 15.7. The number of hydrogen-bond donors (Lipinski definition) is 1. The van der Waals surface area contributed by atoms with Gasteiger partial charge < -0.3 is 14.8 Å². The van der Waals surface area contributed by atoms with Crippen LogP contribution in [0.15, 0.2) is 60.9 Å². The number of aromatic nitrogens is 1. The molecule has 1 heterocycles. The first-order valence-corrected chi connectivity index (χ1v) is 8.65.